The Balaban J connectivity index is 1.69. The van der Waals surface area contributed by atoms with Gasteiger partial charge < -0.3 is 4.42 Å². The van der Waals surface area contributed by atoms with Crippen LogP contribution in [-0.4, -0.2) is 18.5 Å². The number of furan rings is 1. The Hall–Kier alpha value is -3.69. The second-order valence-corrected chi connectivity index (χ2v) is 13.1. The molecule has 0 atom stereocenters. The van der Waals surface area contributed by atoms with Crippen molar-refractivity contribution in [3.8, 4) is 11.1 Å². The summed E-state index contributed by atoms with van der Waals surface area (Å²) in [5.74, 6) is -1.25. The van der Waals surface area contributed by atoms with E-state index in [4.69, 9.17) is 4.42 Å². The summed E-state index contributed by atoms with van der Waals surface area (Å²) in [6, 6.07) is 20.5. The fraction of sp³-hybridized carbons (Fsp3) is 0.303. The summed E-state index contributed by atoms with van der Waals surface area (Å²) >= 11 is 0. The van der Waals surface area contributed by atoms with Crippen LogP contribution in [0.25, 0.3) is 11.1 Å². The average molecular weight is 598 g/mol. The van der Waals surface area contributed by atoms with Crippen molar-refractivity contribution >= 4 is 15.8 Å². The highest BCUT2D eigenvalue weighted by atomic mass is 32.2. The maximum absolute atomic E-state index is 14.0. The number of carbonyl (C=O) groups excluding carboxylic acids is 1. The van der Waals surface area contributed by atoms with Gasteiger partial charge in [0.2, 0.25) is 15.8 Å². The number of rotatable bonds is 9. The van der Waals surface area contributed by atoms with E-state index in [0.29, 0.717) is 16.7 Å². The zero-order valence-corrected chi connectivity index (χ0v) is 25.3. The average Bonchev–Trinajstić information content (AvgIpc) is 3.37. The lowest BCUT2D eigenvalue weighted by Crippen LogP contribution is -2.31. The van der Waals surface area contributed by atoms with Crippen molar-refractivity contribution in [1.82, 2.24) is 4.31 Å². The summed E-state index contributed by atoms with van der Waals surface area (Å²) in [5.41, 5.74) is 4.67. The van der Waals surface area contributed by atoms with Crippen molar-refractivity contribution in [3.05, 3.63) is 112 Å². The summed E-state index contributed by atoms with van der Waals surface area (Å²) in [5, 5.41) is 0. The molecule has 1 heterocycles. The van der Waals surface area contributed by atoms with Crippen LogP contribution in [0, 0.1) is 20.8 Å². The van der Waals surface area contributed by atoms with Gasteiger partial charge in [0.15, 0.2) is 0 Å². The molecule has 0 spiro atoms. The molecule has 0 bridgehead atoms. The fourth-order valence-corrected chi connectivity index (χ4v) is 6.82. The molecular weight excluding hydrogens is 563 g/mol. The van der Waals surface area contributed by atoms with Crippen molar-refractivity contribution in [1.29, 1.82) is 0 Å². The zero-order chi connectivity index (χ0) is 31.0. The predicted octanol–water partition coefficient (Wildman–Crippen LogP) is 8.15. The predicted molar refractivity (Wildman–Crippen MR) is 156 cm³/mol. The van der Waals surface area contributed by atoms with Gasteiger partial charge in [0.05, 0.1) is 11.4 Å². The van der Waals surface area contributed by atoms with Crippen molar-refractivity contribution in [3.63, 3.8) is 0 Å². The summed E-state index contributed by atoms with van der Waals surface area (Å²) < 4.78 is 73.7. The van der Waals surface area contributed by atoms with Crippen LogP contribution in [-0.2, 0) is 39.5 Å². The first-order valence-electron chi connectivity index (χ1n) is 13.4. The highest BCUT2D eigenvalue weighted by Crippen LogP contribution is 2.33. The van der Waals surface area contributed by atoms with E-state index < -0.39 is 27.4 Å². The third-order valence-corrected chi connectivity index (χ3v) is 9.68. The van der Waals surface area contributed by atoms with Crippen molar-refractivity contribution < 1.29 is 30.8 Å². The van der Waals surface area contributed by atoms with Gasteiger partial charge in [-0.3, -0.25) is 4.79 Å². The van der Waals surface area contributed by atoms with Gasteiger partial charge in [-0.1, -0.05) is 66.2 Å². The molecule has 0 fully saturated rings. The molecule has 0 aliphatic heterocycles. The molecule has 0 aliphatic rings. The minimum Gasteiger partial charge on any atom is -0.455 e. The van der Waals surface area contributed by atoms with E-state index >= 15 is 0 Å². The molecule has 222 valence electrons. The van der Waals surface area contributed by atoms with Crippen LogP contribution in [0.1, 0.15) is 60.1 Å². The van der Waals surface area contributed by atoms with Gasteiger partial charge in [-0.15, -0.1) is 0 Å². The molecule has 4 aromatic rings. The highest BCUT2D eigenvalue weighted by molar-refractivity contribution is 7.89. The third-order valence-electron chi connectivity index (χ3n) is 7.59. The van der Waals surface area contributed by atoms with Crippen LogP contribution in [0.3, 0.4) is 0 Å². The number of halogens is 3. The SMILES string of the molecule is CC(=O)C(C)(C)c1cccc(-c2ccc(CN(Cc3ccc(C(F)(F)F)o3)S(=O)(=O)c3c(C)cc(C)cc3C)cc2)c1. The maximum Gasteiger partial charge on any atom is 0.449 e. The van der Waals surface area contributed by atoms with E-state index in [2.05, 4.69) is 0 Å². The number of ketones is 1. The van der Waals surface area contributed by atoms with Gasteiger partial charge in [-0.2, -0.15) is 17.5 Å². The van der Waals surface area contributed by atoms with E-state index in [9.17, 15) is 26.4 Å². The largest absolute Gasteiger partial charge is 0.455 e. The molecule has 1 aromatic heterocycles. The number of benzene rings is 3. The Labute approximate surface area is 245 Å². The van der Waals surface area contributed by atoms with Crippen LogP contribution in [0.15, 0.2) is 82.1 Å². The monoisotopic (exact) mass is 597 g/mol. The van der Waals surface area contributed by atoms with E-state index in [1.165, 1.54) is 0 Å². The lowest BCUT2D eigenvalue weighted by atomic mass is 9.80. The number of aryl methyl sites for hydroxylation is 3. The standard InChI is InChI=1S/C33H34F3NO4S/c1-21-16-22(2)31(23(3)17-21)42(39,40)37(20-29-14-15-30(41-29)33(34,35)36)19-25-10-12-26(13-11-25)27-8-7-9-28(18-27)32(5,6)24(4)38/h7-18H,19-20H2,1-6H3. The first-order valence-corrected chi connectivity index (χ1v) is 14.9. The van der Waals surface area contributed by atoms with Crippen LogP contribution < -0.4 is 0 Å². The van der Waals surface area contributed by atoms with Crippen LogP contribution in [0.2, 0.25) is 0 Å². The van der Waals surface area contributed by atoms with Crippen LogP contribution in [0.4, 0.5) is 13.2 Å². The normalized spacial score (nSPS) is 12.6. The van der Waals surface area contributed by atoms with Crippen molar-refractivity contribution in [2.45, 2.75) is 71.1 Å². The lowest BCUT2D eigenvalue weighted by molar-refractivity contribution is -0.153. The van der Waals surface area contributed by atoms with Gasteiger partial charge in [0, 0.05) is 12.0 Å². The molecule has 4 rings (SSSR count). The Bertz CT molecular complexity index is 1700. The summed E-state index contributed by atoms with van der Waals surface area (Å²) in [4.78, 5) is 12.3. The third kappa shape index (κ3) is 6.52. The molecule has 0 saturated carbocycles. The number of carbonyl (C=O) groups is 1. The smallest absolute Gasteiger partial charge is 0.449 e. The summed E-state index contributed by atoms with van der Waals surface area (Å²) in [7, 11) is -4.13. The van der Waals surface area contributed by atoms with Crippen molar-refractivity contribution in [2.24, 2.45) is 0 Å². The molecule has 9 heteroatoms. The second kappa shape index (κ2) is 11.5. The quantitative estimate of drug-likeness (QED) is 0.195. The highest BCUT2D eigenvalue weighted by Gasteiger charge is 2.36. The number of hydrogen-bond acceptors (Lipinski definition) is 4. The summed E-state index contributed by atoms with van der Waals surface area (Å²) in [6.07, 6.45) is -4.68. The Morgan fingerprint density at radius 1 is 0.833 bits per heavy atom. The van der Waals surface area contributed by atoms with Gasteiger partial charge in [0.1, 0.15) is 11.5 Å². The van der Waals surface area contributed by atoms with Crippen LogP contribution >= 0.6 is 0 Å². The molecule has 3 aromatic carbocycles. The zero-order valence-electron chi connectivity index (χ0n) is 24.5. The maximum atomic E-state index is 14.0. The van der Waals surface area contributed by atoms with Gasteiger partial charge >= 0.3 is 6.18 Å². The number of Topliss-reactive ketones (excluding diaryl/α,β-unsaturated/α-hetero) is 1. The molecule has 0 radical (unpaired) electrons. The van der Waals surface area contributed by atoms with Crippen LogP contribution in [0.5, 0.6) is 0 Å². The number of alkyl halides is 3. The van der Waals surface area contributed by atoms with Crippen molar-refractivity contribution in [2.75, 3.05) is 0 Å². The summed E-state index contributed by atoms with van der Waals surface area (Å²) in [6.45, 7) is 10.1. The Morgan fingerprint density at radius 3 is 2.00 bits per heavy atom. The fourth-order valence-electron chi connectivity index (χ4n) is 5.01. The first-order chi connectivity index (χ1) is 19.5. The molecule has 0 unspecified atom stereocenters. The molecule has 0 aliphatic carbocycles. The molecule has 0 N–H and O–H groups in total. The number of nitrogens with zero attached hydrogens (tertiary/aromatic N) is 1. The van der Waals surface area contributed by atoms with Gasteiger partial charge in [0.25, 0.3) is 0 Å². The molecule has 0 amide bonds. The molecule has 0 saturated heterocycles. The van der Waals surface area contributed by atoms with E-state index in [1.54, 1.807) is 45.0 Å². The minimum atomic E-state index is -4.68. The van der Waals surface area contributed by atoms with Gasteiger partial charge in [-0.25, -0.2) is 8.42 Å². The first kappa shape index (κ1) is 31.3. The Morgan fingerprint density at radius 2 is 1.45 bits per heavy atom. The number of sulfonamides is 1. The molecule has 42 heavy (non-hydrogen) atoms. The number of hydrogen-bond donors (Lipinski definition) is 0. The van der Waals surface area contributed by atoms with E-state index in [1.807, 2.05) is 57.2 Å². The molecule has 5 nitrogen and oxygen atoms in total. The minimum absolute atomic E-state index is 0.0502. The second-order valence-electron chi connectivity index (χ2n) is 11.2. The lowest BCUT2D eigenvalue weighted by Gasteiger charge is -2.24. The molecular formula is C33H34F3NO4S. The topological polar surface area (TPSA) is 67.6 Å². The van der Waals surface area contributed by atoms with E-state index in [-0.39, 0.29) is 29.5 Å². The van der Waals surface area contributed by atoms with Gasteiger partial charge in [-0.05, 0) is 87.1 Å². The van der Waals surface area contributed by atoms with E-state index in [0.717, 1.165) is 38.7 Å². The Kier molecular flexibility index (Phi) is 8.58.